The summed E-state index contributed by atoms with van der Waals surface area (Å²) in [5.41, 5.74) is 0.217. The van der Waals surface area contributed by atoms with Crippen LogP contribution in [0, 0.1) is 5.41 Å². The third-order valence-corrected chi connectivity index (χ3v) is 2.51. The Balaban J connectivity index is 3.86. The predicted molar refractivity (Wildman–Crippen MR) is 58.0 cm³/mol. The van der Waals surface area contributed by atoms with Gasteiger partial charge in [-0.05, 0) is 18.8 Å². The van der Waals surface area contributed by atoms with Gasteiger partial charge in [0.2, 0.25) is 0 Å². The fraction of sp³-hybridized carbons (Fsp3) is 1.00. The van der Waals surface area contributed by atoms with E-state index in [1.165, 1.54) is 6.42 Å². The molecule has 0 saturated heterocycles. The monoisotopic (exact) mass is 187 g/mol. The minimum absolute atomic E-state index is 0.217. The smallest absolute Gasteiger partial charge is 0.0743 e. The number of nitrogens with one attached hydrogen (secondary N) is 1. The van der Waals surface area contributed by atoms with E-state index in [-0.39, 0.29) is 5.41 Å². The SMILES string of the molecule is CCC(C)NCC(OC)C(C)(C)C. The van der Waals surface area contributed by atoms with Gasteiger partial charge in [0.1, 0.15) is 0 Å². The van der Waals surface area contributed by atoms with E-state index in [4.69, 9.17) is 4.74 Å². The minimum atomic E-state index is 0.217. The molecule has 2 unspecified atom stereocenters. The Morgan fingerprint density at radius 1 is 1.31 bits per heavy atom. The molecule has 0 aliphatic carbocycles. The first-order valence-corrected chi connectivity index (χ1v) is 5.18. The van der Waals surface area contributed by atoms with Crippen molar-refractivity contribution in [2.45, 2.75) is 53.2 Å². The van der Waals surface area contributed by atoms with Crippen molar-refractivity contribution >= 4 is 0 Å². The summed E-state index contributed by atoms with van der Waals surface area (Å²) in [4.78, 5) is 0. The van der Waals surface area contributed by atoms with Crippen LogP contribution in [-0.4, -0.2) is 25.8 Å². The van der Waals surface area contributed by atoms with Crippen molar-refractivity contribution in [3.63, 3.8) is 0 Å². The van der Waals surface area contributed by atoms with Gasteiger partial charge in [0.25, 0.3) is 0 Å². The molecule has 0 aromatic heterocycles. The summed E-state index contributed by atoms with van der Waals surface area (Å²) < 4.78 is 5.45. The average Bonchev–Trinajstić information content (AvgIpc) is 2.02. The van der Waals surface area contributed by atoms with Gasteiger partial charge in [-0.15, -0.1) is 0 Å². The molecule has 0 spiro atoms. The molecule has 80 valence electrons. The number of ether oxygens (including phenoxy) is 1. The van der Waals surface area contributed by atoms with Crippen molar-refractivity contribution in [2.24, 2.45) is 5.41 Å². The molecule has 1 N–H and O–H groups in total. The molecule has 2 atom stereocenters. The maximum atomic E-state index is 5.45. The zero-order valence-electron chi connectivity index (χ0n) is 9.98. The van der Waals surface area contributed by atoms with Crippen LogP contribution < -0.4 is 5.32 Å². The van der Waals surface area contributed by atoms with Crippen LogP contribution in [0.5, 0.6) is 0 Å². The average molecular weight is 187 g/mol. The molecule has 0 amide bonds. The van der Waals surface area contributed by atoms with Crippen LogP contribution in [0.1, 0.15) is 41.0 Å². The van der Waals surface area contributed by atoms with E-state index in [0.29, 0.717) is 12.1 Å². The third kappa shape index (κ3) is 5.27. The zero-order chi connectivity index (χ0) is 10.5. The van der Waals surface area contributed by atoms with Gasteiger partial charge in [-0.1, -0.05) is 27.7 Å². The van der Waals surface area contributed by atoms with E-state index in [1.54, 1.807) is 7.11 Å². The van der Waals surface area contributed by atoms with Gasteiger partial charge in [0.15, 0.2) is 0 Å². The Morgan fingerprint density at radius 3 is 2.15 bits per heavy atom. The minimum Gasteiger partial charge on any atom is -0.380 e. The molecule has 0 rings (SSSR count). The highest BCUT2D eigenvalue weighted by molar-refractivity contribution is 4.77. The Bertz CT molecular complexity index is 129. The van der Waals surface area contributed by atoms with Gasteiger partial charge in [-0.2, -0.15) is 0 Å². The van der Waals surface area contributed by atoms with Crippen LogP contribution in [0.15, 0.2) is 0 Å². The molecule has 0 saturated carbocycles. The number of methoxy groups -OCH3 is 1. The molecular formula is C11H25NO. The molecule has 0 heterocycles. The number of hydrogen-bond donors (Lipinski definition) is 1. The fourth-order valence-electron chi connectivity index (χ4n) is 1.20. The van der Waals surface area contributed by atoms with E-state index in [9.17, 15) is 0 Å². The summed E-state index contributed by atoms with van der Waals surface area (Å²) >= 11 is 0. The second-order valence-corrected chi connectivity index (χ2v) is 4.81. The molecule has 0 aromatic rings. The predicted octanol–water partition coefficient (Wildman–Crippen LogP) is 2.44. The van der Waals surface area contributed by atoms with Crippen molar-refractivity contribution in [1.29, 1.82) is 0 Å². The summed E-state index contributed by atoms with van der Waals surface area (Å²) in [6, 6.07) is 0.583. The molecule has 13 heavy (non-hydrogen) atoms. The molecule has 0 aliphatic heterocycles. The quantitative estimate of drug-likeness (QED) is 0.714. The summed E-state index contributed by atoms with van der Waals surface area (Å²) in [7, 11) is 1.79. The summed E-state index contributed by atoms with van der Waals surface area (Å²) in [5, 5.41) is 3.46. The molecule has 2 heteroatoms. The van der Waals surface area contributed by atoms with Gasteiger partial charge >= 0.3 is 0 Å². The van der Waals surface area contributed by atoms with Crippen molar-refractivity contribution in [3.8, 4) is 0 Å². The lowest BCUT2D eigenvalue weighted by Gasteiger charge is -2.30. The van der Waals surface area contributed by atoms with Crippen molar-refractivity contribution in [2.75, 3.05) is 13.7 Å². The van der Waals surface area contributed by atoms with Crippen LogP contribution in [0.2, 0.25) is 0 Å². The third-order valence-electron chi connectivity index (χ3n) is 2.51. The Labute approximate surface area is 83.1 Å². The van der Waals surface area contributed by atoms with Crippen LogP contribution >= 0.6 is 0 Å². The van der Waals surface area contributed by atoms with Gasteiger partial charge in [-0.25, -0.2) is 0 Å². The van der Waals surface area contributed by atoms with Crippen LogP contribution in [0.25, 0.3) is 0 Å². The van der Waals surface area contributed by atoms with E-state index < -0.39 is 0 Å². The van der Waals surface area contributed by atoms with Gasteiger partial charge in [0, 0.05) is 19.7 Å². The molecule has 0 bridgehead atoms. The van der Waals surface area contributed by atoms with E-state index >= 15 is 0 Å². The Hall–Kier alpha value is -0.0800. The van der Waals surface area contributed by atoms with Gasteiger partial charge in [-0.3, -0.25) is 0 Å². The molecule has 0 fully saturated rings. The molecule has 0 radical (unpaired) electrons. The molecular weight excluding hydrogens is 162 g/mol. The van der Waals surface area contributed by atoms with Crippen molar-refractivity contribution in [1.82, 2.24) is 5.32 Å². The lowest BCUT2D eigenvalue weighted by Crippen LogP contribution is -2.41. The van der Waals surface area contributed by atoms with Crippen LogP contribution in [-0.2, 0) is 4.74 Å². The van der Waals surface area contributed by atoms with Crippen LogP contribution in [0.3, 0.4) is 0 Å². The second kappa shape index (κ2) is 5.61. The Morgan fingerprint density at radius 2 is 1.85 bits per heavy atom. The van der Waals surface area contributed by atoms with Crippen molar-refractivity contribution in [3.05, 3.63) is 0 Å². The first-order valence-electron chi connectivity index (χ1n) is 5.18. The number of rotatable bonds is 5. The van der Waals surface area contributed by atoms with Gasteiger partial charge < -0.3 is 10.1 Å². The maximum absolute atomic E-state index is 5.45. The molecule has 0 aromatic carbocycles. The first kappa shape index (κ1) is 12.9. The van der Waals surface area contributed by atoms with E-state index in [1.807, 2.05) is 0 Å². The molecule has 2 nitrogen and oxygen atoms in total. The topological polar surface area (TPSA) is 21.3 Å². The standard InChI is InChI=1S/C11H25NO/c1-7-9(2)12-8-10(13-6)11(3,4)5/h9-10,12H,7-8H2,1-6H3. The highest BCUT2D eigenvalue weighted by atomic mass is 16.5. The summed E-state index contributed by atoms with van der Waals surface area (Å²) in [5.74, 6) is 0. The maximum Gasteiger partial charge on any atom is 0.0743 e. The largest absolute Gasteiger partial charge is 0.380 e. The highest BCUT2D eigenvalue weighted by Crippen LogP contribution is 2.21. The summed E-state index contributed by atoms with van der Waals surface area (Å²) in [6.07, 6.45) is 1.46. The zero-order valence-corrected chi connectivity index (χ0v) is 9.98. The molecule has 0 aliphatic rings. The summed E-state index contributed by atoms with van der Waals surface area (Å²) in [6.45, 7) is 12.0. The second-order valence-electron chi connectivity index (χ2n) is 4.81. The fourth-order valence-corrected chi connectivity index (χ4v) is 1.20. The highest BCUT2D eigenvalue weighted by Gasteiger charge is 2.24. The lowest BCUT2D eigenvalue weighted by atomic mass is 9.89. The Kier molecular flexibility index (Phi) is 5.57. The lowest BCUT2D eigenvalue weighted by molar-refractivity contribution is 0.0159. The van der Waals surface area contributed by atoms with Gasteiger partial charge in [0.05, 0.1) is 6.10 Å². The van der Waals surface area contributed by atoms with Crippen LogP contribution in [0.4, 0.5) is 0 Å². The first-order chi connectivity index (χ1) is 5.91. The van der Waals surface area contributed by atoms with E-state index in [2.05, 4.69) is 39.9 Å². The number of hydrogen-bond acceptors (Lipinski definition) is 2. The normalized spacial score (nSPS) is 17.1. The van der Waals surface area contributed by atoms with E-state index in [0.717, 1.165) is 6.54 Å². The van der Waals surface area contributed by atoms with Crippen molar-refractivity contribution < 1.29 is 4.74 Å².